The minimum Gasteiger partial charge on any atom is -0.476 e. The lowest BCUT2D eigenvalue weighted by Gasteiger charge is -2.05. The molecule has 0 radical (unpaired) electrons. The van der Waals surface area contributed by atoms with Crippen LogP contribution in [0, 0.1) is 0 Å². The van der Waals surface area contributed by atoms with Gasteiger partial charge in [0.2, 0.25) is 0 Å². The van der Waals surface area contributed by atoms with Crippen LogP contribution in [0.15, 0.2) is 33.8 Å². The summed E-state index contributed by atoms with van der Waals surface area (Å²) in [4.78, 5) is 22.3. The second kappa shape index (κ2) is 5.13. The third-order valence-electron chi connectivity index (χ3n) is 2.30. The number of carboxylic acid groups (broad SMARTS) is 1. The van der Waals surface area contributed by atoms with E-state index in [2.05, 4.69) is 26.2 Å². The number of aromatic nitrogens is 4. The van der Waals surface area contributed by atoms with E-state index in [4.69, 9.17) is 5.11 Å². The number of aromatic carboxylic acids is 1. The van der Waals surface area contributed by atoms with Gasteiger partial charge in [-0.2, -0.15) is 0 Å². The summed E-state index contributed by atoms with van der Waals surface area (Å²) >= 11 is 3.15. The van der Waals surface area contributed by atoms with Gasteiger partial charge in [-0.3, -0.25) is 4.79 Å². The second-order valence-electron chi connectivity index (χ2n) is 3.53. The Hall–Kier alpha value is -1.96. The first-order chi connectivity index (χ1) is 8.58. The van der Waals surface area contributed by atoms with Crippen LogP contribution < -0.4 is 5.56 Å². The molecule has 0 aliphatic carbocycles. The summed E-state index contributed by atoms with van der Waals surface area (Å²) in [6.07, 6.45) is 2.98. The first-order valence-electron chi connectivity index (χ1n) is 5.06. The van der Waals surface area contributed by atoms with Crippen LogP contribution in [0.25, 0.3) is 0 Å². The van der Waals surface area contributed by atoms with Crippen molar-refractivity contribution in [1.29, 1.82) is 0 Å². The van der Waals surface area contributed by atoms with Crippen molar-refractivity contribution in [2.24, 2.45) is 0 Å². The van der Waals surface area contributed by atoms with E-state index in [0.29, 0.717) is 17.6 Å². The van der Waals surface area contributed by atoms with E-state index in [9.17, 15) is 9.59 Å². The maximum absolute atomic E-state index is 11.7. The van der Waals surface area contributed by atoms with Gasteiger partial charge in [0.25, 0.3) is 5.56 Å². The van der Waals surface area contributed by atoms with Crippen molar-refractivity contribution in [3.8, 4) is 0 Å². The Morgan fingerprint density at radius 1 is 1.44 bits per heavy atom. The minimum absolute atomic E-state index is 0.114. The van der Waals surface area contributed by atoms with Gasteiger partial charge in [-0.1, -0.05) is 5.21 Å². The molecule has 2 heterocycles. The Balaban J connectivity index is 2.09. The largest absolute Gasteiger partial charge is 0.476 e. The molecule has 0 spiro atoms. The van der Waals surface area contributed by atoms with Gasteiger partial charge < -0.3 is 9.67 Å². The molecule has 94 valence electrons. The lowest BCUT2D eigenvalue weighted by atomic mass is 10.4. The van der Waals surface area contributed by atoms with Crippen molar-refractivity contribution < 1.29 is 9.90 Å². The Morgan fingerprint density at radius 3 is 2.89 bits per heavy atom. The molecule has 0 unspecified atom stereocenters. The first kappa shape index (κ1) is 12.5. The third kappa shape index (κ3) is 2.65. The van der Waals surface area contributed by atoms with Gasteiger partial charge in [0.15, 0.2) is 5.69 Å². The molecule has 0 aromatic carbocycles. The van der Waals surface area contributed by atoms with Crippen molar-refractivity contribution in [1.82, 2.24) is 19.6 Å². The molecular formula is C10H9BrN4O3. The highest BCUT2D eigenvalue weighted by Gasteiger charge is 2.08. The molecule has 0 atom stereocenters. The predicted octanol–water partition coefficient (Wildman–Crippen LogP) is 0.601. The van der Waals surface area contributed by atoms with E-state index in [1.165, 1.54) is 15.4 Å². The number of pyridine rings is 1. The summed E-state index contributed by atoms with van der Waals surface area (Å²) in [7, 11) is 0. The Kier molecular flexibility index (Phi) is 3.56. The van der Waals surface area contributed by atoms with Crippen LogP contribution in [-0.4, -0.2) is 30.6 Å². The van der Waals surface area contributed by atoms with Gasteiger partial charge in [0, 0.05) is 12.7 Å². The number of nitrogens with zero attached hydrogens (tertiary/aromatic N) is 4. The van der Waals surface area contributed by atoms with Crippen molar-refractivity contribution in [3.05, 3.63) is 45.0 Å². The van der Waals surface area contributed by atoms with Crippen molar-refractivity contribution in [2.45, 2.75) is 13.1 Å². The summed E-state index contributed by atoms with van der Waals surface area (Å²) < 4.78 is 3.37. The number of carboxylic acids is 1. The first-order valence-corrected chi connectivity index (χ1v) is 5.85. The van der Waals surface area contributed by atoms with Crippen LogP contribution in [0.2, 0.25) is 0 Å². The van der Waals surface area contributed by atoms with Gasteiger partial charge in [0.05, 0.1) is 17.2 Å². The zero-order chi connectivity index (χ0) is 13.1. The fourth-order valence-corrected chi connectivity index (χ4v) is 1.78. The zero-order valence-electron chi connectivity index (χ0n) is 9.15. The highest BCUT2D eigenvalue weighted by atomic mass is 79.9. The Morgan fingerprint density at radius 2 is 2.22 bits per heavy atom. The normalized spacial score (nSPS) is 10.5. The molecule has 7 nitrogen and oxygen atoms in total. The SMILES string of the molecule is O=C(O)c1cn(CCn2cccc(Br)c2=O)nn1. The van der Waals surface area contributed by atoms with Crippen LogP contribution in [0.4, 0.5) is 0 Å². The van der Waals surface area contributed by atoms with Crippen molar-refractivity contribution >= 4 is 21.9 Å². The van der Waals surface area contributed by atoms with Crippen molar-refractivity contribution in [3.63, 3.8) is 0 Å². The maximum atomic E-state index is 11.7. The number of rotatable bonds is 4. The van der Waals surface area contributed by atoms with Crippen LogP contribution in [0.1, 0.15) is 10.5 Å². The van der Waals surface area contributed by atoms with Crippen LogP contribution in [0.3, 0.4) is 0 Å². The zero-order valence-corrected chi connectivity index (χ0v) is 10.7. The van der Waals surface area contributed by atoms with Gasteiger partial charge >= 0.3 is 5.97 Å². The van der Waals surface area contributed by atoms with E-state index < -0.39 is 5.97 Å². The summed E-state index contributed by atoms with van der Waals surface area (Å²) in [6.45, 7) is 0.761. The molecule has 2 aromatic rings. The summed E-state index contributed by atoms with van der Waals surface area (Å²) in [6, 6.07) is 3.41. The topological polar surface area (TPSA) is 90.0 Å². The van der Waals surface area contributed by atoms with E-state index in [1.54, 1.807) is 18.3 Å². The molecule has 0 saturated heterocycles. The van der Waals surface area contributed by atoms with Crippen LogP contribution in [-0.2, 0) is 13.1 Å². The van der Waals surface area contributed by atoms with Crippen LogP contribution >= 0.6 is 15.9 Å². The average molecular weight is 313 g/mol. The minimum atomic E-state index is -1.12. The third-order valence-corrected chi connectivity index (χ3v) is 2.91. The molecular weight excluding hydrogens is 304 g/mol. The monoisotopic (exact) mass is 312 g/mol. The Labute approximate surface area is 110 Å². The maximum Gasteiger partial charge on any atom is 0.358 e. The molecule has 0 fully saturated rings. The van der Waals surface area contributed by atoms with Gasteiger partial charge in [-0.15, -0.1) is 5.10 Å². The number of aryl methyl sites for hydroxylation is 2. The molecule has 2 aromatic heterocycles. The van der Waals surface area contributed by atoms with Crippen molar-refractivity contribution in [2.75, 3.05) is 0 Å². The fourth-order valence-electron chi connectivity index (χ4n) is 1.40. The molecule has 8 heteroatoms. The number of hydrogen-bond donors (Lipinski definition) is 1. The second-order valence-corrected chi connectivity index (χ2v) is 4.38. The molecule has 0 bridgehead atoms. The number of halogens is 1. The molecule has 0 aliphatic rings. The highest BCUT2D eigenvalue weighted by molar-refractivity contribution is 9.10. The van der Waals surface area contributed by atoms with E-state index in [1.807, 2.05) is 0 Å². The van der Waals surface area contributed by atoms with E-state index >= 15 is 0 Å². The highest BCUT2D eigenvalue weighted by Crippen LogP contribution is 2.01. The lowest BCUT2D eigenvalue weighted by Crippen LogP contribution is -2.22. The molecule has 1 N–H and O–H groups in total. The molecule has 0 amide bonds. The molecule has 18 heavy (non-hydrogen) atoms. The van der Waals surface area contributed by atoms with E-state index in [0.717, 1.165) is 0 Å². The summed E-state index contributed by atoms with van der Waals surface area (Å²) in [5, 5.41) is 15.8. The van der Waals surface area contributed by atoms with E-state index in [-0.39, 0.29) is 11.3 Å². The van der Waals surface area contributed by atoms with Gasteiger partial charge in [-0.25, -0.2) is 9.48 Å². The van der Waals surface area contributed by atoms with Crippen LogP contribution in [0.5, 0.6) is 0 Å². The molecule has 2 rings (SSSR count). The standard InChI is InChI=1S/C10H9BrN4O3/c11-7-2-1-3-14(9(7)16)4-5-15-6-8(10(17)18)12-13-15/h1-3,6H,4-5H2,(H,17,18). The lowest BCUT2D eigenvalue weighted by molar-refractivity contribution is 0.0690. The van der Waals surface area contributed by atoms with Gasteiger partial charge in [0.1, 0.15) is 0 Å². The fraction of sp³-hybridized carbons (Fsp3) is 0.200. The van der Waals surface area contributed by atoms with Gasteiger partial charge in [-0.05, 0) is 28.1 Å². The quantitative estimate of drug-likeness (QED) is 0.893. The average Bonchev–Trinajstić information content (AvgIpc) is 2.80. The smallest absolute Gasteiger partial charge is 0.358 e. The summed E-state index contributed by atoms with van der Waals surface area (Å²) in [5.74, 6) is -1.12. The number of hydrogen-bond acceptors (Lipinski definition) is 4. The molecule has 0 aliphatic heterocycles. The predicted molar refractivity (Wildman–Crippen MR) is 65.4 cm³/mol. The summed E-state index contributed by atoms with van der Waals surface area (Å²) in [5.41, 5.74) is -0.257. The molecule has 0 saturated carbocycles. The number of carbonyl (C=O) groups is 1. The Bertz CT molecular complexity index is 634.